The molecular formula is C10H14BrNOS. The third-order valence-electron chi connectivity index (χ3n) is 2.64. The zero-order valence-corrected chi connectivity index (χ0v) is 10.3. The van der Waals surface area contributed by atoms with E-state index in [1.54, 1.807) is 11.3 Å². The Kier molecular flexibility index (Phi) is 3.60. The molecule has 2 unspecified atom stereocenters. The fourth-order valence-electron chi connectivity index (χ4n) is 1.85. The molecule has 78 valence electrons. The lowest BCUT2D eigenvalue weighted by Crippen LogP contribution is -2.38. The van der Waals surface area contributed by atoms with Crippen molar-refractivity contribution in [2.45, 2.75) is 31.4 Å². The van der Waals surface area contributed by atoms with Gasteiger partial charge in [0.25, 0.3) is 0 Å². The van der Waals surface area contributed by atoms with Crippen molar-refractivity contribution in [2.24, 2.45) is 0 Å². The average Bonchev–Trinajstić information content (AvgIpc) is 2.65. The van der Waals surface area contributed by atoms with Crippen molar-refractivity contribution >= 4 is 27.3 Å². The van der Waals surface area contributed by atoms with E-state index in [2.05, 4.69) is 21.2 Å². The van der Waals surface area contributed by atoms with Crippen LogP contribution in [0.25, 0.3) is 0 Å². The van der Waals surface area contributed by atoms with Crippen LogP contribution in [0.1, 0.15) is 30.2 Å². The number of rotatable bonds is 2. The van der Waals surface area contributed by atoms with Gasteiger partial charge in [-0.25, -0.2) is 0 Å². The molecule has 0 amide bonds. The summed E-state index contributed by atoms with van der Waals surface area (Å²) in [5.74, 6) is 0. The molecule has 2 heterocycles. The molecular weight excluding hydrogens is 262 g/mol. The van der Waals surface area contributed by atoms with E-state index in [4.69, 9.17) is 0 Å². The van der Waals surface area contributed by atoms with Crippen LogP contribution >= 0.6 is 27.3 Å². The molecule has 1 fully saturated rings. The lowest BCUT2D eigenvalue weighted by atomic mass is 9.99. The molecule has 0 bridgehead atoms. The van der Waals surface area contributed by atoms with Crippen molar-refractivity contribution in [3.8, 4) is 0 Å². The summed E-state index contributed by atoms with van der Waals surface area (Å²) < 4.78 is 1.03. The van der Waals surface area contributed by atoms with Crippen LogP contribution in [0.4, 0.5) is 0 Å². The smallest absolute Gasteiger partial charge is 0.105 e. The maximum absolute atomic E-state index is 10.1. The molecule has 0 spiro atoms. The molecule has 14 heavy (non-hydrogen) atoms. The van der Waals surface area contributed by atoms with Gasteiger partial charge in [0.1, 0.15) is 6.10 Å². The summed E-state index contributed by atoms with van der Waals surface area (Å²) in [7, 11) is 0. The predicted molar refractivity (Wildman–Crippen MR) is 62.6 cm³/mol. The first-order chi connectivity index (χ1) is 6.79. The van der Waals surface area contributed by atoms with Crippen molar-refractivity contribution < 1.29 is 5.11 Å². The first-order valence-corrected chi connectivity index (χ1v) is 6.60. The van der Waals surface area contributed by atoms with E-state index in [-0.39, 0.29) is 12.1 Å². The number of nitrogens with one attached hydrogen (secondary N) is 1. The van der Waals surface area contributed by atoms with Crippen molar-refractivity contribution in [3.63, 3.8) is 0 Å². The highest BCUT2D eigenvalue weighted by molar-refractivity contribution is 9.10. The quantitative estimate of drug-likeness (QED) is 0.870. The molecule has 0 aliphatic carbocycles. The van der Waals surface area contributed by atoms with Gasteiger partial charge in [0, 0.05) is 15.4 Å². The molecule has 1 saturated heterocycles. The summed E-state index contributed by atoms with van der Waals surface area (Å²) in [6.45, 7) is 1.03. The maximum atomic E-state index is 10.1. The Balaban J connectivity index is 2.07. The Morgan fingerprint density at radius 1 is 1.57 bits per heavy atom. The van der Waals surface area contributed by atoms with Gasteiger partial charge in [0.15, 0.2) is 0 Å². The minimum Gasteiger partial charge on any atom is -0.386 e. The topological polar surface area (TPSA) is 32.3 Å². The summed E-state index contributed by atoms with van der Waals surface area (Å²) in [6, 6.07) is 2.23. The fourth-order valence-corrected chi connectivity index (χ4v) is 3.50. The van der Waals surface area contributed by atoms with Crippen LogP contribution in [0.15, 0.2) is 15.9 Å². The summed E-state index contributed by atoms with van der Waals surface area (Å²) >= 11 is 5.07. The number of thiophene rings is 1. The normalized spacial score (nSPS) is 24.9. The van der Waals surface area contributed by atoms with Crippen LogP contribution in [0.5, 0.6) is 0 Å². The van der Waals surface area contributed by atoms with Gasteiger partial charge in [-0.15, -0.1) is 11.3 Å². The molecule has 1 aromatic rings. The lowest BCUT2D eigenvalue weighted by molar-refractivity contribution is 0.116. The van der Waals surface area contributed by atoms with Crippen LogP contribution in [0.3, 0.4) is 0 Å². The minimum absolute atomic E-state index is 0.235. The Morgan fingerprint density at radius 2 is 2.43 bits per heavy atom. The summed E-state index contributed by atoms with van der Waals surface area (Å²) in [5, 5.41) is 15.5. The largest absolute Gasteiger partial charge is 0.386 e. The highest BCUT2D eigenvalue weighted by Gasteiger charge is 2.24. The minimum atomic E-state index is -0.357. The fraction of sp³-hybridized carbons (Fsp3) is 0.600. The van der Waals surface area contributed by atoms with Gasteiger partial charge in [-0.05, 0) is 46.8 Å². The van der Waals surface area contributed by atoms with E-state index in [1.807, 2.05) is 11.4 Å². The molecule has 0 saturated carbocycles. The second kappa shape index (κ2) is 4.75. The number of aliphatic hydroxyl groups excluding tert-OH is 1. The number of hydrogen-bond donors (Lipinski definition) is 2. The van der Waals surface area contributed by atoms with Gasteiger partial charge >= 0.3 is 0 Å². The van der Waals surface area contributed by atoms with Crippen molar-refractivity contribution in [1.82, 2.24) is 5.32 Å². The third kappa shape index (κ3) is 2.19. The second-order valence-electron chi connectivity index (χ2n) is 3.63. The molecule has 1 aromatic heterocycles. The first-order valence-electron chi connectivity index (χ1n) is 4.93. The van der Waals surface area contributed by atoms with Gasteiger partial charge in [-0.1, -0.05) is 6.42 Å². The molecule has 0 aromatic carbocycles. The van der Waals surface area contributed by atoms with Gasteiger partial charge in [0.05, 0.1) is 0 Å². The molecule has 2 rings (SSSR count). The van der Waals surface area contributed by atoms with E-state index in [9.17, 15) is 5.11 Å². The standard InChI is InChI=1S/C10H14BrNOS/c11-7-4-6-14-10(7)9(13)8-3-1-2-5-12-8/h4,6,8-9,12-13H,1-3,5H2. The van der Waals surface area contributed by atoms with Crippen LogP contribution in [0.2, 0.25) is 0 Å². The number of hydrogen-bond acceptors (Lipinski definition) is 3. The molecule has 2 nitrogen and oxygen atoms in total. The average molecular weight is 276 g/mol. The van der Waals surface area contributed by atoms with Gasteiger partial charge < -0.3 is 10.4 Å². The van der Waals surface area contributed by atoms with E-state index in [1.165, 1.54) is 12.8 Å². The van der Waals surface area contributed by atoms with Crippen LogP contribution in [0, 0.1) is 0 Å². The second-order valence-corrected chi connectivity index (χ2v) is 5.44. The Hall–Kier alpha value is 0.1000. The van der Waals surface area contributed by atoms with E-state index in [0.717, 1.165) is 22.3 Å². The Labute approximate surface area is 96.5 Å². The maximum Gasteiger partial charge on any atom is 0.105 e. The molecule has 1 aliphatic rings. The molecule has 2 atom stereocenters. The van der Waals surface area contributed by atoms with E-state index < -0.39 is 0 Å². The number of halogens is 1. The SMILES string of the molecule is OC(c1sccc1Br)C1CCCCN1. The highest BCUT2D eigenvalue weighted by Crippen LogP contribution is 2.32. The van der Waals surface area contributed by atoms with Gasteiger partial charge in [-0.2, -0.15) is 0 Å². The third-order valence-corrected chi connectivity index (χ3v) is 4.58. The molecule has 1 aliphatic heterocycles. The summed E-state index contributed by atoms with van der Waals surface area (Å²) in [5.41, 5.74) is 0. The predicted octanol–water partition coefficient (Wildman–Crippen LogP) is 2.69. The molecule has 2 N–H and O–H groups in total. The van der Waals surface area contributed by atoms with Crippen molar-refractivity contribution in [1.29, 1.82) is 0 Å². The van der Waals surface area contributed by atoms with Gasteiger partial charge in [-0.3, -0.25) is 0 Å². The Morgan fingerprint density at radius 3 is 3.00 bits per heavy atom. The zero-order valence-electron chi connectivity index (χ0n) is 7.87. The van der Waals surface area contributed by atoms with Crippen LogP contribution < -0.4 is 5.32 Å². The van der Waals surface area contributed by atoms with Gasteiger partial charge in [0.2, 0.25) is 0 Å². The highest BCUT2D eigenvalue weighted by atomic mass is 79.9. The number of aliphatic hydroxyl groups is 1. The Bertz CT molecular complexity index is 296. The van der Waals surface area contributed by atoms with Crippen LogP contribution in [-0.4, -0.2) is 17.7 Å². The molecule has 4 heteroatoms. The van der Waals surface area contributed by atoms with Crippen LogP contribution in [-0.2, 0) is 0 Å². The molecule has 0 radical (unpaired) electrons. The zero-order chi connectivity index (χ0) is 9.97. The van der Waals surface area contributed by atoms with E-state index in [0.29, 0.717) is 0 Å². The summed E-state index contributed by atoms with van der Waals surface area (Å²) in [6.07, 6.45) is 3.17. The number of piperidine rings is 1. The monoisotopic (exact) mass is 275 g/mol. The van der Waals surface area contributed by atoms with E-state index >= 15 is 0 Å². The van der Waals surface area contributed by atoms with Crippen molar-refractivity contribution in [3.05, 3.63) is 20.8 Å². The first kappa shape index (κ1) is 10.6. The van der Waals surface area contributed by atoms with Crippen molar-refractivity contribution in [2.75, 3.05) is 6.54 Å². The lowest BCUT2D eigenvalue weighted by Gasteiger charge is -2.27. The summed E-state index contributed by atoms with van der Waals surface area (Å²) in [4.78, 5) is 1.05.